The molecule has 0 heterocycles. The number of nitrogens with one attached hydrogen (secondary N) is 1. The lowest BCUT2D eigenvalue weighted by molar-refractivity contribution is -0.138. The zero-order valence-electron chi connectivity index (χ0n) is 16.7. The third kappa shape index (κ3) is 6.57. The molecule has 2 amide bonds. The van der Waals surface area contributed by atoms with E-state index < -0.39 is 6.04 Å². The largest absolute Gasteiger partial charge is 0.352 e. The first-order valence-corrected chi connectivity index (χ1v) is 10.7. The molecule has 4 nitrogen and oxygen atoms in total. The Bertz CT molecular complexity index is 808. The number of hydrogen-bond acceptors (Lipinski definition) is 3. The van der Waals surface area contributed by atoms with Gasteiger partial charge < -0.3 is 10.2 Å². The van der Waals surface area contributed by atoms with Crippen LogP contribution in [0.2, 0.25) is 5.02 Å². The SMILES string of the molecule is Cc1ccc(SCC(=O)N(Cc2ccccc2Cl)C(C)C(=O)NC(C)C)cc1. The van der Waals surface area contributed by atoms with Crippen molar-refractivity contribution in [1.82, 2.24) is 10.2 Å². The Morgan fingerprint density at radius 2 is 1.71 bits per heavy atom. The van der Waals surface area contributed by atoms with Gasteiger partial charge in [0.15, 0.2) is 0 Å². The predicted octanol–water partition coefficient (Wildman–Crippen LogP) is 4.68. The summed E-state index contributed by atoms with van der Waals surface area (Å²) in [7, 11) is 0. The van der Waals surface area contributed by atoms with E-state index in [1.54, 1.807) is 17.9 Å². The Balaban J connectivity index is 2.15. The maximum Gasteiger partial charge on any atom is 0.242 e. The maximum atomic E-state index is 13.0. The van der Waals surface area contributed by atoms with Crippen LogP contribution in [0.4, 0.5) is 0 Å². The molecule has 0 aliphatic heterocycles. The van der Waals surface area contributed by atoms with E-state index >= 15 is 0 Å². The van der Waals surface area contributed by atoms with Crippen molar-refractivity contribution in [3.63, 3.8) is 0 Å². The maximum absolute atomic E-state index is 13.0. The van der Waals surface area contributed by atoms with Gasteiger partial charge in [-0.1, -0.05) is 47.5 Å². The lowest BCUT2D eigenvalue weighted by Crippen LogP contribution is -2.49. The second-order valence-electron chi connectivity index (χ2n) is 7.05. The smallest absolute Gasteiger partial charge is 0.242 e. The molecule has 1 atom stereocenters. The topological polar surface area (TPSA) is 49.4 Å². The summed E-state index contributed by atoms with van der Waals surface area (Å²) in [6.45, 7) is 7.87. The summed E-state index contributed by atoms with van der Waals surface area (Å²) >= 11 is 7.75. The fourth-order valence-electron chi connectivity index (χ4n) is 2.66. The van der Waals surface area contributed by atoms with E-state index in [2.05, 4.69) is 5.32 Å². The highest BCUT2D eigenvalue weighted by molar-refractivity contribution is 8.00. The average molecular weight is 419 g/mol. The Morgan fingerprint density at radius 3 is 2.32 bits per heavy atom. The van der Waals surface area contributed by atoms with Crippen LogP contribution in [-0.2, 0) is 16.1 Å². The van der Waals surface area contributed by atoms with Crippen LogP contribution < -0.4 is 5.32 Å². The molecule has 0 aliphatic carbocycles. The molecule has 0 spiro atoms. The third-order valence-corrected chi connectivity index (χ3v) is 5.65. The van der Waals surface area contributed by atoms with Gasteiger partial charge in [0.2, 0.25) is 11.8 Å². The van der Waals surface area contributed by atoms with E-state index in [1.807, 2.05) is 63.2 Å². The minimum absolute atomic E-state index is 0.00847. The highest BCUT2D eigenvalue weighted by atomic mass is 35.5. The van der Waals surface area contributed by atoms with Gasteiger partial charge >= 0.3 is 0 Å². The van der Waals surface area contributed by atoms with Crippen LogP contribution in [0.3, 0.4) is 0 Å². The van der Waals surface area contributed by atoms with Gasteiger partial charge in [0.25, 0.3) is 0 Å². The summed E-state index contributed by atoms with van der Waals surface area (Å²) in [5.74, 6) is -0.0139. The van der Waals surface area contributed by atoms with Crippen molar-refractivity contribution in [2.45, 2.75) is 51.2 Å². The first-order valence-electron chi connectivity index (χ1n) is 9.30. The molecule has 2 aromatic carbocycles. The van der Waals surface area contributed by atoms with Crippen LogP contribution in [0, 0.1) is 6.92 Å². The van der Waals surface area contributed by atoms with Crippen molar-refractivity contribution in [2.75, 3.05) is 5.75 Å². The quantitative estimate of drug-likeness (QED) is 0.633. The van der Waals surface area contributed by atoms with Crippen LogP contribution in [0.15, 0.2) is 53.4 Å². The first kappa shape index (κ1) is 22.3. The standard InChI is InChI=1S/C22H27ClN2O2S/c1-15(2)24-22(27)17(4)25(13-18-7-5-6-8-20(18)23)21(26)14-28-19-11-9-16(3)10-12-19/h5-12,15,17H,13-14H2,1-4H3,(H,24,27). The number of aryl methyl sites for hydroxylation is 1. The van der Waals surface area contributed by atoms with Gasteiger partial charge in [0.05, 0.1) is 5.75 Å². The van der Waals surface area contributed by atoms with Crippen molar-refractivity contribution in [2.24, 2.45) is 0 Å². The van der Waals surface area contributed by atoms with E-state index in [4.69, 9.17) is 11.6 Å². The third-order valence-electron chi connectivity index (χ3n) is 4.28. The predicted molar refractivity (Wildman–Crippen MR) is 117 cm³/mol. The number of carbonyl (C=O) groups excluding carboxylic acids is 2. The molecule has 0 saturated heterocycles. The monoisotopic (exact) mass is 418 g/mol. The Morgan fingerprint density at radius 1 is 1.07 bits per heavy atom. The Kier molecular flexibility index (Phi) is 8.39. The van der Waals surface area contributed by atoms with Gasteiger partial charge in [-0.25, -0.2) is 0 Å². The normalized spacial score (nSPS) is 11.9. The van der Waals surface area contributed by atoms with Crippen LogP contribution >= 0.6 is 23.4 Å². The van der Waals surface area contributed by atoms with Gasteiger partial charge in [-0.3, -0.25) is 9.59 Å². The number of rotatable bonds is 8. The number of amides is 2. The van der Waals surface area contributed by atoms with E-state index in [-0.39, 0.29) is 23.6 Å². The molecular weight excluding hydrogens is 392 g/mol. The summed E-state index contributed by atoms with van der Waals surface area (Å²) < 4.78 is 0. The molecule has 150 valence electrons. The molecule has 0 radical (unpaired) electrons. The van der Waals surface area contributed by atoms with E-state index in [0.29, 0.717) is 11.6 Å². The minimum atomic E-state index is -0.593. The summed E-state index contributed by atoms with van der Waals surface area (Å²) in [5.41, 5.74) is 2.00. The molecule has 0 fully saturated rings. The first-order chi connectivity index (χ1) is 13.3. The van der Waals surface area contributed by atoms with Gasteiger partial charge in [0.1, 0.15) is 6.04 Å². The van der Waals surface area contributed by atoms with Crippen molar-refractivity contribution in [3.8, 4) is 0 Å². The molecule has 28 heavy (non-hydrogen) atoms. The summed E-state index contributed by atoms with van der Waals surface area (Å²) in [4.78, 5) is 28.2. The zero-order chi connectivity index (χ0) is 20.7. The number of hydrogen-bond donors (Lipinski definition) is 1. The second kappa shape index (κ2) is 10.5. The molecule has 0 aliphatic rings. The summed E-state index contributed by atoms with van der Waals surface area (Å²) in [6.07, 6.45) is 0. The van der Waals surface area contributed by atoms with Crippen molar-refractivity contribution >= 4 is 35.2 Å². The molecule has 6 heteroatoms. The fraction of sp³-hybridized carbons (Fsp3) is 0.364. The van der Waals surface area contributed by atoms with E-state index in [0.717, 1.165) is 10.5 Å². The Labute approximate surface area is 176 Å². The fourth-order valence-corrected chi connectivity index (χ4v) is 3.64. The molecule has 2 aromatic rings. The Hall–Kier alpha value is -1.98. The number of thioether (sulfide) groups is 1. The summed E-state index contributed by atoms with van der Waals surface area (Å²) in [6, 6.07) is 14.9. The van der Waals surface area contributed by atoms with Crippen LogP contribution in [0.5, 0.6) is 0 Å². The van der Waals surface area contributed by atoms with Crippen LogP contribution in [-0.4, -0.2) is 34.6 Å². The van der Waals surface area contributed by atoms with Gasteiger partial charge in [-0.15, -0.1) is 11.8 Å². The van der Waals surface area contributed by atoms with Gasteiger partial charge in [0, 0.05) is 22.5 Å². The number of halogens is 1. The van der Waals surface area contributed by atoms with Gasteiger partial charge in [-0.2, -0.15) is 0 Å². The minimum Gasteiger partial charge on any atom is -0.352 e. The molecule has 1 N–H and O–H groups in total. The number of benzene rings is 2. The second-order valence-corrected chi connectivity index (χ2v) is 8.51. The lowest BCUT2D eigenvalue weighted by atomic mass is 10.1. The highest BCUT2D eigenvalue weighted by Gasteiger charge is 2.27. The van der Waals surface area contributed by atoms with E-state index in [1.165, 1.54) is 17.3 Å². The van der Waals surface area contributed by atoms with Crippen molar-refractivity contribution in [1.29, 1.82) is 0 Å². The zero-order valence-corrected chi connectivity index (χ0v) is 18.3. The molecule has 0 bridgehead atoms. The molecule has 0 saturated carbocycles. The molecule has 1 unspecified atom stereocenters. The highest BCUT2D eigenvalue weighted by Crippen LogP contribution is 2.22. The van der Waals surface area contributed by atoms with Crippen LogP contribution in [0.25, 0.3) is 0 Å². The lowest BCUT2D eigenvalue weighted by Gasteiger charge is -2.29. The molecule has 0 aromatic heterocycles. The molecular formula is C22H27ClN2O2S. The average Bonchev–Trinajstić information content (AvgIpc) is 2.65. The number of carbonyl (C=O) groups is 2. The van der Waals surface area contributed by atoms with E-state index in [9.17, 15) is 9.59 Å². The van der Waals surface area contributed by atoms with Gasteiger partial charge in [-0.05, 0) is 51.5 Å². The molecule has 2 rings (SSSR count). The van der Waals surface area contributed by atoms with Crippen LogP contribution in [0.1, 0.15) is 31.9 Å². The van der Waals surface area contributed by atoms with Crippen molar-refractivity contribution < 1.29 is 9.59 Å². The summed E-state index contributed by atoms with van der Waals surface area (Å²) in [5, 5.41) is 3.47. The van der Waals surface area contributed by atoms with Crippen molar-refractivity contribution in [3.05, 3.63) is 64.7 Å². The number of nitrogens with zero attached hydrogens (tertiary/aromatic N) is 1.